The summed E-state index contributed by atoms with van der Waals surface area (Å²) in [5, 5.41) is 12.5. The third-order valence-corrected chi connectivity index (χ3v) is 4.49. The Hall–Kier alpha value is -1.99. The van der Waals surface area contributed by atoms with Gasteiger partial charge in [-0.1, -0.05) is 24.3 Å². The van der Waals surface area contributed by atoms with Crippen molar-refractivity contribution >= 4 is 17.4 Å². The molecule has 2 nitrogen and oxygen atoms in total. The van der Waals surface area contributed by atoms with E-state index in [2.05, 4.69) is 17.4 Å². The standard InChI is InChI=1S/C16H13FN2S/c17-13-5-6-15(12(7-13)8-18)19-16-10-20-9-11-3-1-2-4-14(11)16/h1-7,16,19H,9-10H2. The molecule has 0 saturated carbocycles. The highest BCUT2D eigenvalue weighted by atomic mass is 32.2. The van der Waals surface area contributed by atoms with Crippen LogP contribution in [0.5, 0.6) is 0 Å². The van der Waals surface area contributed by atoms with Crippen molar-refractivity contribution < 1.29 is 4.39 Å². The second kappa shape index (κ2) is 5.56. The number of fused-ring (bicyclic) bond motifs is 1. The average Bonchev–Trinajstić information content (AvgIpc) is 2.49. The van der Waals surface area contributed by atoms with Crippen LogP contribution in [0.4, 0.5) is 10.1 Å². The van der Waals surface area contributed by atoms with E-state index in [9.17, 15) is 4.39 Å². The Kier molecular flexibility index (Phi) is 3.62. The summed E-state index contributed by atoms with van der Waals surface area (Å²) in [7, 11) is 0. The lowest BCUT2D eigenvalue weighted by Gasteiger charge is -2.27. The van der Waals surface area contributed by atoms with Crippen LogP contribution in [-0.4, -0.2) is 5.75 Å². The number of anilines is 1. The van der Waals surface area contributed by atoms with Crippen LogP contribution >= 0.6 is 11.8 Å². The minimum Gasteiger partial charge on any atom is -0.376 e. The van der Waals surface area contributed by atoms with Gasteiger partial charge in [0.05, 0.1) is 17.3 Å². The molecule has 0 bridgehead atoms. The summed E-state index contributed by atoms with van der Waals surface area (Å²) in [6.07, 6.45) is 0. The maximum atomic E-state index is 13.2. The number of nitriles is 1. The van der Waals surface area contributed by atoms with Crippen LogP contribution in [0.1, 0.15) is 22.7 Å². The van der Waals surface area contributed by atoms with E-state index in [0.717, 1.165) is 11.5 Å². The molecular formula is C16H13FN2S. The first-order chi connectivity index (χ1) is 9.78. The summed E-state index contributed by atoms with van der Waals surface area (Å²) in [6, 6.07) is 14.8. The van der Waals surface area contributed by atoms with Gasteiger partial charge in [-0.3, -0.25) is 0 Å². The van der Waals surface area contributed by atoms with Crippen molar-refractivity contribution in [2.75, 3.05) is 11.1 Å². The van der Waals surface area contributed by atoms with Gasteiger partial charge in [-0.15, -0.1) is 0 Å². The SMILES string of the molecule is N#Cc1cc(F)ccc1NC1CSCc2ccccc21. The first-order valence-electron chi connectivity index (χ1n) is 6.39. The Bertz CT molecular complexity index is 678. The fraction of sp³-hybridized carbons (Fsp3) is 0.188. The molecule has 100 valence electrons. The fourth-order valence-electron chi connectivity index (χ4n) is 2.42. The molecule has 2 aromatic carbocycles. The Morgan fingerprint density at radius 3 is 2.95 bits per heavy atom. The highest BCUT2D eigenvalue weighted by Gasteiger charge is 2.20. The van der Waals surface area contributed by atoms with Crippen LogP contribution in [0.25, 0.3) is 0 Å². The van der Waals surface area contributed by atoms with Crippen LogP contribution in [0.2, 0.25) is 0 Å². The molecule has 1 aliphatic rings. The first-order valence-corrected chi connectivity index (χ1v) is 7.55. The number of halogens is 1. The molecule has 0 radical (unpaired) electrons. The van der Waals surface area contributed by atoms with E-state index in [-0.39, 0.29) is 11.9 Å². The molecule has 0 aliphatic carbocycles. The van der Waals surface area contributed by atoms with Gasteiger partial charge in [0.2, 0.25) is 0 Å². The van der Waals surface area contributed by atoms with E-state index < -0.39 is 0 Å². The Morgan fingerprint density at radius 2 is 2.10 bits per heavy atom. The van der Waals surface area contributed by atoms with Gasteiger partial charge in [-0.05, 0) is 29.3 Å². The van der Waals surface area contributed by atoms with Gasteiger partial charge in [0.15, 0.2) is 0 Å². The zero-order valence-corrected chi connectivity index (χ0v) is 11.6. The summed E-state index contributed by atoms with van der Waals surface area (Å²) in [4.78, 5) is 0. The minimum absolute atomic E-state index is 0.155. The van der Waals surface area contributed by atoms with Crippen LogP contribution < -0.4 is 5.32 Å². The highest BCUT2D eigenvalue weighted by molar-refractivity contribution is 7.98. The summed E-state index contributed by atoms with van der Waals surface area (Å²) < 4.78 is 13.2. The van der Waals surface area contributed by atoms with Crippen molar-refractivity contribution in [3.05, 3.63) is 65.0 Å². The lowest BCUT2D eigenvalue weighted by atomic mass is 10.0. The topological polar surface area (TPSA) is 35.8 Å². The quantitative estimate of drug-likeness (QED) is 0.902. The van der Waals surface area contributed by atoms with Crippen LogP contribution in [0.15, 0.2) is 42.5 Å². The molecule has 0 spiro atoms. The summed E-state index contributed by atoms with van der Waals surface area (Å²) in [5.41, 5.74) is 3.62. The summed E-state index contributed by atoms with van der Waals surface area (Å²) in [5.74, 6) is 1.58. The van der Waals surface area contributed by atoms with Crippen molar-refractivity contribution in [2.24, 2.45) is 0 Å². The zero-order chi connectivity index (χ0) is 13.9. The summed E-state index contributed by atoms with van der Waals surface area (Å²) >= 11 is 1.86. The molecule has 2 aromatic rings. The third-order valence-electron chi connectivity index (χ3n) is 3.40. The number of nitrogens with zero attached hydrogens (tertiary/aromatic N) is 1. The number of benzene rings is 2. The normalized spacial score (nSPS) is 17.1. The van der Waals surface area contributed by atoms with E-state index in [4.69, 9.17) is 5.26 Å². The van der Waals surface area contributed by atoms with Gasteiger partial charge < -0.3 is 5.32 Å². The molecule has 0 amide bonds. The first kappa shape index (κ1) is 13.0. The Balaban J connectivity index is 1.92. The second-order valence-electron chi connectivity index (χ2n) is 4.71. The number of rotatable bonds is 2. The van der Waals surface area contributed by atoms with Crippen LogP contribution in [0, 0.1) is 17.1 Å². The molecule has 1 unspecified atom stereocenters. The van der Waals surface area contributed by atoms with Crippen LogP contribution in [0.3, 0.4) is 0 Å². The minimum atomic E-state index is -0.384. The van der Waals surface area contributed by atoms with Crippen LogP contribution in [-0.2, 0) is 5.75 Å². The molecule has 1 heterocycles. The number of nitrogens with one attached hydrogen (secondary N) is 1. The largest absolute Gasteiger partial charge is 0.376 e. The van der Waals surface area contributed by atoms with E-state index in [1.165, 1.54) is 23.3 Å². The zero-order valence-electron chi connectivity index (χ0n) is 10.8. The molecule has 4 heteroatoms. The van der Waals surface area contributed by atoms with E-state index >= 15 is 0 Å². The monoisotopic (exact) mass is 284 g/mol. The lowest BCUT2D eigenvalue weighted by Crippen LogP contribution is -2.19. The number of thioether (sulfide) groups is 1. The van der Waals surface area contributed by atoms with Gasteiger partial charge in [-0.25, -0.2) is 4.39 Å². The Labute approximate surface area is 121 Å². The Morgan fingerprint density at radius 1 is 1.25 bits per heavy atom. The smallest absolute Gasteiger partial charge is 0.124 e. The van der Waals surface area contributed by atoms with Gasteiger partial charge in [0.1, 0.15) is 11.9 Å². The fourth-order valence-corrected chi connectivity index (χ4v) is 3.52. The predicted octanol–water partition coefficient (Wildman–Crippen LogP) is 4.10. The van der Waals surface area contributed by atoms with E-state index in [0.29, 0.717) is 11.3 Å². The average molecular weight is 284 g/mol. The van der Waals surface area contributed by atoms with Crippen molar-refractivity contribution in [3.63, 3.8) is 0 Å². The van der Waals surface area contributed by atoms with Gasteiger partial charge in [-0.2, -0.15) is 17.0 Å². The molecule has 3 rings (SSSR count). The molecule has 0 fully saturated rings. The molecule has 20 heavy (non-hydrogen) atoms. The molecule has 0 aromatic heterocycles. The van der Waals surface area contributed by atoms with E-state index in [1.54, 1.807) is 6.07 Å². The molecule has 1 N–H and O–H groups in total. The predicted molar refractivity (Wildman–Crippen MR) is 80.1 cm³/mol. The van der Waals surface area contributed by atoms with Crippen molar-refractivity contribution in [3.8, 4) is 6.07 Å². The number of hydrogen-bond donors (Lipinski definition) is 1. The van der Waals surface area contributed by atoms with Crippen molar-refractivity contribution in [2.45, 2.75) is 11.8 Å². The maximum Gasteiger partial charge on any atom is 0.124 e. The molecule has 0 saturated heterocycles. The molecular weight excluding hydrogens is 271 g/mol. The number of hydrogen-bond acceptors (Lipinski definition) is 3. The van der Waals surface area contributed by atoms with E-state index in [1.807, 2.05) is 30.0 Å². The second-order valence-corrected chi connectivity index (χ2v) is 5.74. The molecule has 1 atom stereocenters. The maximum absolute atomic E-state index is 13.2. The highest BCUT2D eigenvalue weighted by Crippen LogP contribution is 2.34. The van der Waals surface area contributed by atoms with Gasteiger partial charge in [0.25, 0.3) is 0 Å². The van der Waals surface area contributed by atoms with Crippen molar-refractivity contribution in [1.82, 2.24) is 0 Å². The van der Waals surface area contributed by atoms with Crippen molar-refractivity contribution in [1.29, 1.82) is 5.26 Å². The van der Waals surface area contributed by atoms with Gasteiger partial charge >= 0.3 is 0 Å². The third kappa shape index (κ3) is 2.50. The summed E-state index contributed by atoms with van der Waals surface area (Å²) in [6.45, 7) is 0. The lowest BCUT2D eigenvalue weighted by molar-refractivity contribution is 0.627. The van der Waals surface area contributed by atoms with Gasteiger partial charge in [0, 0.05) is 11.5 Å². The molecule has 1 aliphatic heterocycles.